The van der Waals surface area contributed by atoms with Gasteiger partial charge in [-0.05, 0) is 48.0 Å². The summed E-state index contributed by atoms with van der Waals surface area (Å²) in [7, 11) is 1.63. The normalized spacial score (nSPS) is 15.8. The molecule has 0 spiro atoms. The number of hydrogen-bond donors (Lipinski definition) is 1. The molecule has 1 saturated heterocycles. The molecule has 0 bridgehead atoms. The highest BCUT2D eigenvalue weighted by molar-refractivity contribution is 9.10. The summed E-state index contributed by atoms with van der Waals surface area (Å²) in [4.78, 5) is 14.8. The van der Waals surface area contributed by atoms with E-state index in [0.717, 1.165) is 21.5 Å². The summed E-state index contributed by atoms with van der Waals surface area (Å²) in [6, 6.07) is 15.3. The van der Waals surface area contributed by atoms with Crippen molar-refractivity contribution in [3.05, 3.63) is 63.5 Å². The molecule has 0 aliphatic carbocycles. The lowest BCUT2D eigenvalue weighted by Crippen LogP contribution is -2.33. The molecule has 7 heteroatoms. The van der Waals surface area contributed by atoms with Crippen LogP contribution in [-0.2, 0) is 4.79 Å². The Labute approximate surface area is 164 Å². The van der Waals surface area contributed by atoms with Crippen LogP contribution >= 0.6 is 39.9 Å². The van der Waals surface area contributed by atoms with Gasteiger partial charge >= 0.3 is 0 Å². The van der Waals surface area contributed by atoms with E-state index in [-0.39, 0.29) is 5.91 Å². The number of nitrogens with zero attached hydrogens (tertiary/aromatic N) is 1. The number of carbonyl (C=O) groups is 1. The third-order valence-corrected chi connectivity index (χ3v) is 5.42. The number of methoxy groups -OCH3 is 1. The monoisotopic (exact) mass is 434 g/mol. The lowest BCUT2D eigenvalue weighted by Gasteiger charge is -2.16. The van der Waals surface area contributed by atoms with Gasteiger partial charge in [-0.3, -0.25) is 9.69 Å². The molecule has 3 rings (SSSR count). The third-order valence-electron chi connectivity index (χ3n) is 3.55. The average Bonchev–Trinajstić information content (AvgIpc) is 2.87. The first-order valence-electron chi connectivity index (χ1n) is 7.45. The molecule has 1 heterocycles. The van der Waals surface area contributed by atoms with Gasteiger partial charge in [-0.15, -0.1) is 0 Å². The second-order valence-electron chi connectivity index (χ2n) is 5.23. The fraction of sp³-hybridized carbons (Fsp3) is 0.111. The van der Waals surface area contributed by atoms with Crippen molar-refractivity contribution < 1.29 is 9.53 Å². The van der Waals surface area contributed by atoms with Crippen LogP contribution in [0.15, 0.2) is 57.9 Å². The maximum atomic E-state index is 12.6. The summed E-state index contributed by atoms with van der Waals surface area (Å²) >= 11 is 10.1. The van der Waals surface area contributed by atoms with Crippen LogP contribution in [0.4, 0.5) is 5.69 Å². The molecule has 0 aromatic heterocycles. The third kappa shape index (κ3) is 4.42. The number of nitrogens with one attached hydrogen (secondary N) is 1. The van der Waals surface area contributed by atoms with E-state index in [9.17, 15) is 4.79 Å². The molecule has 0 atom stereocenters. The van der Waals surface area contributed by atoms with E-state index in [4.69, 9.17) is 17.0 Å². The molecule has 0 radical (unpaired) electrons. The number of rotatable bonds is 5. The van der Waals surface area contributed by atoms with Crippen molar-refractivity contribution in [2.45, 2.75) is 0 Å². The lowest BCUT2D eigenvalue weighted by molar-refractivity contribution is -0.121. The van der Waals surface area contributed by atoms with Crippen LogP contribution < -0.4 is 10.1 Å². The van der Waals surface area contributed by atoms with Crippen LogP contribution in [0.25, 0.3) is 6.08 Å². The average molecular weight is 435 g/mol. The fourth-order valence-electron chi connectivity index (χ4n) is 2.26. The summed E-state index contributed by atoms with van der Waals surface area (Å²) < 4.78 is 6.65. The van der Waals surface area contributed by atoms with Gasteiger partial charge in [0.25, 0.3) is 5.91 Å². The molecular weight excluding hydrogens is 420 g/mol. The number of carbonyl (C=O) groups excluding carboxylic acids is 1. The molecule has 1 N–H and O–H groups in total. The molecule has 2 aromatic rings. The Kier molecular flexibility index (Phi) is 5.78. The van der Waals surface area contributed by atoms with Crippen LogP contribution in [0.5, 0.6) is 5.75 Å². The first kappa shape index (κ1) is 18.0. The van der Waals surface area contributed by atoms with Gasteiger partial charge in [0, 0.05) is 10.2 Å². The zero-order valence-corrected chi connectivity index (χ0v) is 16.6. The maximum Gasteiger partial charge on any atom is 0.267 e. The van der Waals surface area contributed by atoms with Crippen LogP contribution in [0.1, 0.15) is 5.56 Å². The van der Waals surface area contributed by atoms with Gasteiger partial charge in [-0.25, -0.2) is 0 Å². The SMILES string of the molecule is COc1ccc(NCN2C(=O)/C(=C\c3cccc(Br)c3)SC2=S)cc1. The van der Waals surface area contributed by atoms with E-state index in [0.29, 0.717) is 15.9 Å². The van der Waals surface area contributed by atoms with E-state index in [1.165, 1.54) is 11.8 Å². The zero-order valence-electron chi connectivity index (χ0n) is 13.4. The molecule has 0 unspecified atom stereocenters. The number of halogens is 1. The minimum Gasteiger partial charge on any atom is -0.497 e. The largest absolute Gasteiger partial charge is 0.497 e. The molecule has 1 fully saturated rings. The molecule has 4 nitrogen and oxygen atoms in total. The number of amides is 1. The Morgan fingerprint density at radius 3 is 2.72 bits per heavy atom. The molecule has 1 aliphatic heterocycles. The highest BCUT2D eigenvalue weighted by Gasteiger charge is 2.31. The number of hydrogen-bond acceptors (Lipinski definition) is 5. The molecule has 1 amide bonds. The van der Waals surface area contributed by atoms with Gasteiger partial charge in [0.05, 0.1) is 18.7 Å². The van der Waals surface area contributed by atoms with Gasteiger partial charge in [-0.1, -0.05) is 52.0 Å². The van der Waals surface area contributed by atoms with Crippen LogP contribution in [0, 0.1) is 0 Å². The van der Waals surface area contributed by atoms with Crippen molar-refractivity contribution in [2.24, 2.45) is 0 Å². The molecule has 2 aromatic carbocycles. The fourth-order valence-corrected chi connectivity index (χ4v) is 3.94. The number of thioether (sulfide) groups is 1. The van der Waals surface area contributed by atoms with Crippen molar-refractivity contribution in [1.29, 1.82) is 0 Å². The zero-order chi connectivity index (χ0) is 17.8. The summed E-state index contributed by atoms with van der Waals surface area (Å²) in [6.45, 7) is 0.326. The highest BCUT2D eigenvalue weighted by Crippen LogP contribution is 2.32. The number of thiocarbonyl (C=S) groups is 1. The quantitative estimate of drug-likeness (QED) is 0.544. The summed E-state index contributed by atoms with van der Waals surface area (Å²) in [5.74, 6) is 0.698. The van der Waals surface area contributed by atoms with Crippen molar-refractivity contribution in [1.82, 2.24) is 4.90 Å². The van der Waals surface area contributed by atoms with Gasteiger partial charge in [-0.2, -0.15) is 0 Å². The van der Waals surface area contributed by atoms with Crippen LogP contribution in [-0.4, -0.2) is 28.9 Å². The Hall–Kier alpha value is -1.83. The standard InChI is InChI=1S/C18H15BrN2O2S2/c1-23-15-7-5-14(6-8-15)20-11-21-17(22)16(25-18(21)24)10-12-3-2-4-13(19)9-12/h2-10,20H,11H2,1H3/b16-10+. The Morgan fingerprint density at radius 1 is 1.28 bits per heavy atom. The highest BCUT2D eigenvalue weighted by atomic mass is 79.9. The molecule has 1 aliphatic rings. The van der Waals surface area contributed by atoms with Crippen molar-refractivity contribution in [2.75, 3.05) is 19.1 Å². The van der Waals surface area contributed by atoms with E-state index >= 15 is 0 Å². The van der Waals surface area contributed by atoms with Gasteiger partial charge < -0.3 is 10.1 Å². The second kappa shape index (κ2) is 8.03. The molecule has 128 valence electrons. The summed E-state index contributed by atoms with van der Waals surface area (Å²) in [6.07, 6.45) is 1.86. The van der Waals surface area contributed by atoms with Crippen molar-refractivity contribution >= 4 is 61.9 Å². The van der Waals surface area contributed by atoms with Crippen molar-refractivity contribution in [3.8, 4) is 5.75 Å². The van der Waals surface area contributed by atoms with Gasteiger partial charge in [0.15, 0.2) is 0 Å². The number of anilines is 1. The van der Waals surface area contributed by atoms with E-state index < -0.39 is 0 Å². The Balaban J connectivity index is 1.68. The Morgan fingerprint density at radius 2 is 2.04 bits per heavy atom. The topological polar surface area (TPSA) is 41.6 Å². The first-order chi connectivity index (χ1) is 12.1. The molecular formula is C18H15BrN2O2S2. The second-order valence-corrected chi connectivity index (χ2v) is 7.82. The van der Waals surface area contributed by atoms with Gasteiger partial charge in [0.2, 0.25) is 0 Å². The van der Waals surface area contributed by atoms with Crippen LogP contribution in [0.3, 0.4) is 0 Å². The summed E-state index contributed by atoms with van der Waals surface area (Å²) in [5, 5.41) is 3.21. The van der Waals surface area contributed by atoms with E-state index in [2.05, 4.69) is 21.2 Å². The number of benzene rings is 2. The van der Waals surface area contributed by atoms with Gasteiger partial charge in [0.1, 0.15) is 10.1 Å². The predicted octanol–water partition coefficient (Wildman–Crippen LogP) is 4.73. The van der Waals surface area contributed by atoms with Crippen molar-refractivity contribution in [3.63, 3.8) is 0 Å². The number of ether oxygens (including phenoxy) is 1. The smallest absolute Gasteiger partial charge is 0.267 e. The maximum absolute atomic E-state index is 12.6. The summed E-state index contributed by atoms with van der Waals surface area (Å²) in [5.41, 5.74) is 1.85. The lowest BCUT2D eigenvalue weighted by atomic mass is 10.2. The first-order valence-corrected chi connectivity index (χ1v) is 9.47. The van der Waals surface area contributed by atoms with E-state index in [1.54, 1.807) is 12.0 Å². The predicted molar refractivity (Wildman–Crippen MR) is 111 cm³/mol. The minimum atomic E-state index is -0.0870. The Bertz CT molecular complexity index is 837. The van der Waals surface area contributed by atoms with E-state index in [1.807, 2.05) is 54.6 Å². The molecule has 25 heavy (non-hydrogen) atoms. The minimum absolute atomic E-state index is 0.0870. The molecule has 0 saturated carbocycles. The van der Waals surface area contributed by atoms with Crippen LogP contribution in [0.2, 0.25) is 0 Å².